The molecule has 5 N–H and O–H groups in total. The number of fused-ring (bicyclic) bond motifs is 1. The highest BCUT2D eigenvalue weighted by Crippen LogP contribution is 2.32. The van der Waals surface area contributed by atoms with Gasteiger partial charge >= 0.3 is 12.1 Å². The molecule has 0 saturated heterocycles. The van der Waals surface area contributed by atoms with E-state index in [9.17, 15) is 23.1 Å². The number of carboxylic acids is 1. The van der Waals surface area contributed by atoms with Gasteiger partial charge in [0.25, 0.3) is 0 Å². The first kappa shape index (κ1) is 22.8. The maximum atomic E-state index is 13.2. The zero-order valence-corrected chi connectivity index (χ0v) is 17.0. The van der Waals surface area contributed by atoms with E-state index < -0.39 is 23.8 Å². The SMILES string of the molecule is NCC(CCc1ccccc1C(F)(F)F)N[C@H](CC(=O)O)Cc1c[nH]c2ccccc12. The molecule has 1 heterocycles. The Morgan fingerprint density at radius 2 is 1.77 bits per heavy atom. The van der Waals surface area contributed by atoms with Crippen LogP contribution in [0.5, 0.6) is 0 Å². The average molecular weight is 433 g/mol. The van der Waals surface area contributed by atoms with Crippen molar-refractivity contribution in [1.82, 2.24) is 10.3 Å². The van der Waals surface area contributed by atoms with E-state index in [2.05, 4.69) is 10.3 Å². The normalized spacial score (nSPS) is 13.9. The summed E-state index contributed by atoms with van der Waals surface area (Å²) in [7, 11) is 0. The van der Waals surface area contributed by atoms with Crippen molar-refractivity contribution in [3.8, 4) is 0 Å². The van der Waals surface area contributed by atoms with Crippen LogP contribution in [0.15, 0.2) is 54.7 Å². The first-order chi connectivity index (χ1) is 14.8. The van der Waals surface area contributed by atoms with Gasteiger partial charge in [0.15, 0.2) is 0 Å². The molecule has 2 aromatic carbocycles. The maximum absolute atomic E-state index is 13.2. The molecule has 3 rings (SSSR count). The fourth-order valence-corrected chi connectivity index (χ4v) is 3.91. The first-order valence-corrected chi connectivity index (χ1v) is 10.2. The second-order valence-electron chi connectivity index (χ2n) is 7.65. The van der Waals surface area contributed by atoms with E-state index >= 15 is 0 Å². The Bertz CT molecular complexity index is 1020. The number of aromatic amines is 1. The highest BCUT2D eigenvalue weighted by molar-refractivity contribution is 5.83. The lowest BCUT2D eigenvalue weighted by molar-refractivity contribution is -0.139. The summed E-state index contributed by atoms with van der Waals surface area (Å²) >= 11 is 0. The number of carboxylic acid groups (broad SMARTS) is 1. The number of carbonyl (C=O) groups is 1. The molecule has 0 radical (unpaired) electrons. The van der Waals surface area contributed by atoms with Gasteiger partial charge in [-0.1, -0.05) is 36.4 Å². The number of nitrogens with two attached hydrogens (primary N) is 1. The highest BCUT2D eigenvalue weighted by Gasteiger charge is 2.32. The number of aliphatic carboxylic acids is 1. The number of H-pyrrole nitrogens is 1. The minimum absolute atomic E-state index is 0.116. The molecule has 1 unspecified atom stereocenters. The molecule has 5 nitrogen and oxygen atoms in total. The summed E-state index contributed by atoms with van der Waals surface area (Å²) in [5.74, 6) is -0.949. The third-order valence-corrected chi connectivity index (χ3v) is 5.40. The number of hydrogen-bond acceptors (Lipinski definition) is 3. The Morgan fingerprint density at radius 1 is 1.06 bits per heavy atom. The summed E-state index contributed by atoms with van der Waals surface area (Å²) in [6.07, 6.45) is -1.65. The first-order valence-electron chi connectivity index (χ1n) is 10.2. The molecule has 0 aliphatic rings. The summed E-state index contributed by atoms with van der Waals surface area (Å²) in [5, 5.41) is 13.6. The Balaban J connectivity index is 1.70. The Kier molecular flexibility index (Phi) is 7.35. The quantitative estimate of drug-likeness (QED) is 0.387. The van der Waals surface area contributed by atoms with Gasteiger partial charge in [0, 0.05) is 35.7 Å². The van der Waals surface area contributed by atoms with Crippen LogP contribution in [0, 0.1) is 0 Å². The number of para-hydroxylation sites is 1. The third-order valence-electron chi connectivity index (χ3n) is 5.40. The molecule has 2 atom stereocenters. The van der Waals surface area contributed by atoms with Crippen molar-refractivity contribution in [2.45, 2.75) is 43.9 Å². The summed E-state index contributed by atoms with van der Waals surface area (Å²) in [6.45, 7) is 0.193. The molecule has 0 bridgehead atoms. The predicted octanol–water partition coefficient (Wildman–Crippen LogP) is 4.12. The van der Waals surface area contributed by atoms with Crippen LogP contribution in [0.2, 0.25) is 0 Å². The Morgan fingerprint density at radius 3 is 2.48 bits per heavy atom. The average Bonchev–Trinajstić information content (AvgIpc) is 3.13. The Labute approximate surface area is 178 Å². The molecule has 3 aromatic rings. The minimum Gasteiger partial charge on any atom is -0.481 e. The number of hydrogen-bond donors (Lipinski definition) is 4. The van der Waals surface area contributed by atoms with Crippen molar-refractivity contribution in [2.24, 2.45) is 5.73 Å². The largest absolute Gasteiger partial charge is 0.481 e. The van der Waals surface area contributed by atoms with E-state index in [0.29, 0.717) is 12.8 Å². The van der Waals surface area contributed by atoms with Crippen LogP contribution in [-0.2, 0) is 23.8 Å². The van der Waals surface area contributed by atoms with E-state index in [4.69, 9.17) is 5.73 Å². The monoisotopic (exact) mass is 433 g/mol. The van der Waals surface area contributed by atoms with Crippen LogP contribution in [0.3, 0.4) is 0 Å². The summed E-state index contributed by atoms with van der Waals surface area (Å²) in [6, 6.07) is 12.5. The van der Waals surface area contributed by atoms with E-state index in [1.165, 1.54) is 12.1 Å². The van der Waals surface area contributed by atoms with Crippen LogP contribution in [0.25, 0.3) is 10.9 Å². The molecule has 1 aromatic heterocycles. The molecule has 0 saturated carbocycles. The molecule has 0 aliphatic carbocycles. The number of halogens is 3. The van der Waals surface area contributed by atoms with Crippen molar-refractivity contribution in [2.75, 3.05) is 6.54 Å². The molecule has 0 fully saturated rings. The standard InChI is InChI=1S/C23H26F3N3O2/c24-23(25,26)20-7-3-1-5-15(20)9-10-17(13-27)29-18(12-22(30)31)11-16-14-28-21-8-4-2-6-19(16)21/h1-8,14,17-18,28-29H,9-13,27H2,(H,30,31)/t17?,18-/m0/s1. The number of nitrogens with one attached hydrogen (secondary N) is 2. The van der Waals surface area contributed by atoms with Gasteiger partial charge in [0.2, 0.25) is 0 Å². The van der Waals surface area contributed by atoms with E-state index in [1.807, 2.05) is 30.5 Å². The van der Waals surface area contributed by atoms with Gasteiger partial charge in [-0.25, -0.2) is 0 Å². The van der Waals surface area contributed by atoms with Crippen molar-refractivity contribution in [1.29, 1.82) is 0 Å². The summed E-state index contributed by atoms with van der Waals surface area (Å²) < 4.78 is 39.7. The lowest BCUT2D eigenvalue weighted by Gasteiger charge is -2.24. The van der Waals surface area contributed by atoms with E-state index in [1.54, 1.807) is 6.07 Å². The molecular formula is C23H26F3N3O2. The second-order valence-corrected chi connectivity index (χ2v) is 7.65. The van der Waals surface area contributed by atoms with Gasteiger partial charge < -0.3 is 21.1 Å². The number of aryl methyl sites for hydroxylation is 1. The van der Waals surface area contributed by atoms with Crippen molar-refractivity contribution in [3.05, 3.63) is 71.4 Å². The van der Waals surface area contributed by atoms with Crippen LogP contribution >= 0.6 is 0 Å². The van der Waals surface area contributed by atoms with Gasteiger partial charge in [0.1, 0.15) is 0 Å². The van der Waals surface area contributed by atoms with E-state index in [0.717, 1.165) is 22.5 Å². The van der Waals surface area contributed by atoms with Crippen LogP contribution in [0.1, 0.15) is 29.5 Å². The van der Waals surface area contributed by atoms with Crippen molar-refractivity contribution in [3.63, 3.8) is 0 Å². The number of benzene rings is 2. The third kappa shape index (κ3) is 6.08. The topological polar surface area (TPSA) is 91.1 Å². The maximum Gasteiger partial charge on any atom is 0.416 e. The van der Waals surface area contributed by atoms with Crippen LogP contribution < -0.4 is 11.1 Å². The number of aromatic nitrogens is 1. The molecule has 166 valence electrons. The molecule has 31 heavy (non-hydrogen) atoms. The van der Waals surface area contributed by atoms with Gasteiger partial charge in [-0.2, -0.15) is 13.2 Å². The van der Waals surface area contributed by atoms with Crippen LogP contribution in [0.4, 0.5) is 13.2 Å². The molecular weight excluding hydrogens is 407 g/mol. The fraction of sp³-hybridized carbons (Fsp3) is 0.348. The van der Waals surface area contributed by atoms with Crippen molar-refractivity contribution >= 4 is 16.9 Å². The zero-order valence-electron chi connectivity index (χ0n) is 17.0. The smallest absolute Gasteiger partial charge is 0.416 e. The summed E-state index contributed by atoms with van der Waals surface area (Å²) in [5.41, 5.74) is 7.37. The Hall–Kier alpha value is -2.84. The molecule has 8 heteroatoms. The second kappa shape index (κ2) is 9.98. The molecule has 0 spiro atoms. The van der Waals surface area contributed by atoms with Crippen LogP contribution in [-0.4, -0.2) is 34.7 Å². The summed E-state index contributed by atoms with van der Waals surface area (Å²) in [4.78, 5) is 14.6. The van der Waals surface area contributed by atoms with E-state index in [-0.39, 0.29) is 31.0 Å². The number of alkyl halides is 3. The fourth-order valence-electron chi connectivity index (χ4n) is 3.91. The van der Waals surface area contributed by atoms with Gasteiger partial charge in [-0.05, 0) is 42.5 Å². The molecule has 0 amide bonds. The van der Waals surface area contributed by atoms with Gasteiger partial charge in [0.05, 0.1) is 12.0 Å². The van der Waals surface area contributed by atoms with Gasteiger partial charge in [-0.15, -0.1) is 0 Å². The van der Waals surface area contributed by atoms with Crippen molar-refractivity contribution < 1.29 is 23.1 Å². The lowest BCUT2D eigenvalue weighted by atomic mass is 9.97. The lowest BCUT2D eigenvalue weighted by Crippen LogP contribution is -2.45. The minimum atomic E-state index is -4.41. The molecule has 0 aliphatic heterocycles. The zero-order chi connectivity index (χ0) is 22.4. The number of rotatable bonds is 10. The van der Waals surface area contributed by atoms with Gasteiger partial charge in [-0.3, -0.25) is 4.79 Å². The predicted molar refractivity (Wildman–Crippen MR) is 114 cm³/mol. The highest BCUT2D eigenvalue weighted by atomic mass is 19.4.